The Hall–Kier alpha value is -3.43. The summed E-state index contributed by atoms with van der Waals surface area (Å²) in [5.41, 5.74) is 4.28. The Labute approximate surface area is 236 Å². The van der Waals surface area contributed by atoms with Gasteiger partial charge >= 0.3 is 0 Å². The largest absolute Gasteiger partial charge is 0.341 e. The number of nitrogens with one attached hydrogen (secondary N) is 1. The van der Waals surface area contributed by atoms with Crippen LogP contribution in [0.25, 0.3) is 22.5 Å². The highest BCUT2D eigenvalue weighted by molar-refractivity contribution is 5.80. The predicted octanol–water partition coefficient (Wildman–Crippen LogP) is 6.63. The highest BCUT2D eigenvalue weighted by atomic mass is 16.7. The minimum absolute atomic E-state index is 0.0216. The van der Waals surface area contributed by atoms with Crippen molar-refractivity contribution >= 4 is 0 Å². The van der Waals surface area contributed by atoms with Crippen molar-refractivity contribution in [2.45, 2.75) is 104 Å². The van der Waals surface area contributed by atoms with E-state index in [0.717, 1.165) is 35.4 Å². The third-order valence-electron chi connectivity index (χ3n) is 7.42. The summed E-state index contributed by atoms with van der Waals surface area (Å²) in [5.74, 6) is 1.20. The van der Waals surface area contributed by atoms with Crippen LogP contribution in [-0.4, -0.2) is 47.6 Å². The van der Waals surface area contributed by atoms with Gasteiger partial charge in [-0.05, 0) is 62.4 Å². The Balaban J connectivity index is 1.48. The van der Waals surface area contributed by atoms with Gasteiger partial charge in [-0.2, -0.15) is 5.21 Å². The highest BCUT2D eigenvalue weighted by Gasteiger charge is 2.40. The van der Waals surface area contributed by atoms with Crippen molar-refractivity contribution in [1.29, 1.82) is 0 Å². The molecule has 0 atom stereocenters. The molecule has 212 valence electrons. The molecule has 5 rings (SSSR count). The number of rotatable bonds is 11. The van der Waals surface area contributed by atoms with Crippen LogP contribution in [0.5, 0.6) is 0 Å². The summed E-state index contributed by atoms with van der Waals surface area (Å²) in [7, 11) is 0. The fourth-order valence-electron chi connectivity index (χ4n) is 5.67. The van der Waals surface area contributed by atoms with Crippen molar-refractivity contribution < 1.29 is 9.47 Å². The molecular weight excluding hydrogens is 502 g/mol. The minimum atomic E-state index is -0.972. The number of aromatic nitrogens is 7. The van der Waals surface area contributed by atoms with Crippen molar-refractivity contribution in [3.05, 3.63) is 65.7 Å². The smallest absolute Gasteiger partial charge is 0.232 e. The van der Waals surface area contributed by atoms with Crippen molar-refractivity contribution in [2.75, 3.05) is 0 Å². The molecule has 2 aromatic carbocycles. The number of tetrazole rings is 1. The molecule has 2 aromatic heterocycles. The molecule has 0 aliphatic heterocycles. The monoisotopic (exact) mass is 543 g/mol. The standard InChI is InChI=1S/C31H41N7O2/c1-6-31(39-21(2)3,40-22(4)5)30-32-28(38(35-30)25-12-8-7-9-13-25)20-23-16-18-24(19-17-23)26-14-10-11-15-27(26)29-33-36-37-34-29/h10-11,14-19,21-22,25H,6-9,12-13,20H2,1-5H3,(H,33,34,36,37). The van der Waals surface area contributed by atoms with Crippen LogP contribution in [0.4, 0.5) is 0 Å². The first-order chi connectivity index (χ1) is 19.4. The second kappa shape index (κ2) is 12.4. The zero-order valence-corrected chi connectivity index (χ0v) is 24.3. The minimum Gasteiger partial charge on any atom is -0.341 e. The van der Waals surface area contributed by atoms with Crippen molar-refractivity contribution in [3.8, 4) is 22.5 Å². The van der Waals surface area contributed by atoms with Gasteiger partial charge < -0.3 is 9.47 Å². The van der Waals surface area contributed by atoms with Gasteiger partial charge in [0.25, 0.3) is 0 Å². The maximum atomic E-state index is 6.42. The molecule has 0 unspecified atom stereocenters. The van der Waals surface area contributed by atoms with Gasteiger partial charge in [0.2, 0.25) is 17.4 Å². The van der Waals surface area contributed by atoms with E-state index in [2.05, 4.69) is 62.6 Å². The summed E-state index contributed by atoms with van der Waals surface area (Å²) in [6, 6.07) is 17.1. The molecule has 0 saturated heterocycles. The van der Waals surface area contributed by atoms with E-state index in [-0.39, 0.29) is 12.2 Å². The second-order valence-corrected chi connectivity index (χ2v) is 11.2. The lowest BCUT2D eigenvalue weighted by Gasteiger charge is -2.33. The SMILES string of the molecule is CCC(OC(C)C)(OC(C)C)c1nc(Cc2ccc(-c3ccccc3-c3nn[nH]n3)cc2)n(C2CCCCC2)n1. The summed E-state index contributed by atoms with van der Waals surface area (Å²) in [5, 5.41) is 19.8. The number of hydrogen-bond acceptors (Lipinski definition) is 7. The first kappa shape index (κ1) is 28.1. The maximum Gasteiger partial charge on any atom is 0.232 e. The fraction of sp³-hybridized carbons (Fsp3) is 0.516. The van der Waals surface area contributed by atoms with Gasteiger partial charge in [0, 0.05) is 18.4 Å². The molecule has 0 amide bonds. The molecule has 1 fully saturated rings. The summed E-state index contributed by atoms with van der Waals surface area (Å²) in [4.78, 5) is 5.13. The van der Waals surface area contributed by atoms with Gasteiger partial charge in [0.05, 0.1) is 18.2 Å². The van der Waals surface area contributed by atoms with Crippen LogP contribution < -0.4 is 0 Å². The molecule has 1 N–H and O–H groups in total. The molecule has 2 heterocycles. The van der Waals surface area contributed by atoms with Crippen molar-refractivity contribution in [1.82, 2.24) is 35.4 Å². The van der Waals surface area contributed by atoms with Crippen LogP contribution in [0.3, 0.4) is 0 Å². The molecule has 0 radical (unpaired) electrons. The summed E-state index contributed by atoms with van der Waals surface area (Å²) in [6.07, 6.45) is 7.23. The normalized spacial score (nSPS) is 14.9. The first-order valence-electron chi connectivity index (χ1n) is 14.6. The lowest BCUT2D eigenvalue weighted by molar-refractivity contribution is -0.284. The lowest BCUT2D eigenvalue weighted by atomic mass is 9.95. The molecule has 0 bridgehead atoms. The molecule has 1 aliphatic rings. The number of aromatic amines is 1. The first-order valence-corrected chi connectivity index (χ1v) is 14.6. The summed E-state index contributed by atoms with van der Waals surface area (Å²) >= 11 is 0. The van der Waals surface area contributed by atoms with Crippen LogP contribution in [0, 0.1) is 0 Å². The predicted molar refractivity (Wildman–Crippen MR) is 154 cm³/mol. The zero-order valence-electron chi connectivity index (χ0n) is 24.3. The van der Waals surface area contributed by atoms with E-state index in [1.54, 1.807) is 0 Å². The summed E-state index contributed by atoms with van der Waals surface area (Å²) in [6.45, 7) is 10.2. The highest BCUT2D eigenvalue weighted by Crippen LogP contribution is 2.35. The van der Waals surface area contributed by atoms with E-state index in [9.17, 15) is 0 Å². The summed E-state index contributed by atoms with van der Waals surface area (Å²) < 4.78 is 15.0. The Morgan fingerprint density at radius 3 is 2.20 bits per heavy atom. The van der Waals surface area contributed by atoms with Crippen LogP contribution in [0.2, 0.25) is 0 Å². The number of hydrogen-bond donors (Lipinski definition) is 1. The molecule has 1 aliphatic carbocycles. The van der Waals surface area contributed by atoms with E-state index in [4.69, 9.17) is 19.6 Å². The van der Waals surface area contributed by atoms with Gasteiger partial charge in [-0.1, -0.05) is 74.7 Å². The lowest BCUT2D eigenvalue weighted by Crippen LogP contribution is -2.38. The number of benzene rings is 2. The van der Waals surface area contributed by atoms with Gasteiger partial charge in [0.15, 0.2) is 0 Å². The number of nitrogens with zero attached hydrogens (tertiary/aromatic N) is 6. The van der Waals surface area contributed by atoms with Crippen LogP contribution in [0.1, 0.15) is 96.4 Å². The number of H-pyrrole nitrogens is 1. The van der Waals surface area contributed by atoms with Gasteiger partial charge in [-0.3, -0.25) is 0 Å². The third kappa shape index (κ3) is 6.15. The van der Waals surface area contributed by atoms with E-state index in [1.165, 1.54) is 24.8 Å². The molecule has 9 heteroatoms. The molecule has 9 nitrogen and oxygen atoms in total. The van der Waals surface area contributed by atoms with Crippen LogP contribution in [-0.2, 0) is 21.7 Å². The Morgan fingerprint density at radius 1 is 0.925 bits per heavy atom. The quantitative estimate of drug-likeness (QED) is 0.212. The Morgan fingerprint density at radius 2 is 1.60 bits per heavy atom. The van der Waals surface area contributed by atoms with E-state index in [1.807, 2.05) is 45.9 Å². The van der Waals surface area contributed by atoms with Crippen LogP contribution in [0.15, 0.2) is 48.5 Å². The Bertz CT molecular complexity index is 1350. The number of ether oxygens (including phenoxy) is 2. The molecular formula is C31H41N7O2. The van der Waals surface area contributed by atoms with E-state index < -0.39 is 5.79 Å². The third-order valence-corrected chi connectivity index (χ3v) is 7.42. The maximum absolute atomic E-state index is 6.42. The van der Waals surface area contributed by atoms with E-state index >= 15 is 0 Å². The van der Waals surface area contributed by atoms with Gasteiger partial charge in [0.1, 0.15) is 5.82 Å². The average molecular weight is 544 g/mol. The second-order valence-electron chi connectivity index (χ2n) is 11.2. The van der Waals surface area contributed by atoms with Gasteiger partial charge in [-0.15, -0.1) is 15.3 Å². The molecule has 40 heavy (non-hydrogen) atoms. The van der Waals surface area contributed by atoms with Gasteiger partial charge in [-0.25, -0.2) is 9.67 Å². The Kier molecular flexibility index (Phi) is 8.71. The van der Waals surface area contributed by atoms with Crippen LogP contribution >= 0.6 is 0 Å². The molecule has 4 aromatic rings. The zero-order chi connectivity index (χ0) is 28.1. The molecule has 1 saturated carbocycles. The molecule has 0 spiro atoms. The van der Waals surface area contributed by atoms with Crippen molar-refractivity contribution in [2.24, 2.45) is 0 Å². The average Bonchev–Trinajstić information content (AvgIpc) is 3.64. The van der Waals surface area contributed by atoms with E-state index in [0.29, 0.717) is 30.5 Å². The topological polar surface area (TPSA) is 104 Å². The fourth-order valence-corrected chi connectivity index (χ4v) is 5.67. The van der Waals surface area contributed by atoms with Crippen molar-refractivity contribution in [3.63, 3.8) is 0 Å².